The molecule has 2 atom stereocenters. The van der Waals surface area contributed by atoms with Crippen LogP contribution in [0.1, 0.15) is 45.6 Å². The minimum Gasteiger partial charge on any atom is -0.475 e. The van der Waals surface area contributed by atoms with Gasteiger partial charge in [0.15, 0.2) is 0 Å². The van der Waals surface area contributed by atoms with Crippen LogP contribution >= 0.6 is 27.5 Å². The third-order valence-electron chi connectivity index (χ3n) is 6.92. The van der Waals surface area contributed by atoms with Crippen molar-refractivity contribution in [3.8, 4) is 18.0 Å². The monoisotopic (exact) mass is 602 g/mol. The first-order chi connectivity index (χ1) is 18.0. The van der Waals surface area contributed by atoms with E-state index in [1.165, 1.54) is 0 Å². The molecule has 9 nitrogen and oxygen atoms in total. The Morgan fingerprint density at radius 1 is 1.24 bits per heavy atom. The molecule has 2 aliphatic heterocycles. The lowest BCUT2D eigenvalue weighted by atomic mass is 10.0. The highest BCUT2D eigenvalue weighted by Crippen LogP contribution is 2.40. The molecule has 2 aromatic rings. The molecule has 0 bridgehead atoms. The van der Waals surface area contributed by atoms with Gasteiger partial charge in [-0.2, -0.15) is 10.5 Å². The fourth-order valence-electron chi connectivity index (χ4n) is 5.02. The van der Waals surface area contributed by atoms with Crippen LogP contribution in [0.5, 0.6) is 5.88 Å². The molecule has 2 aliphatic rings. The average molecular weight is 604 g/mol. The van der Waals surface area contributed by atoms with Crippen molar-refractivity contribution in [1.82, 2.24) is 14.8 Å². The van der Waals surface area contributed by atoms with E-state index in [9.17, 15) is 15.3 Å². The predicted octanol–water partition coefficient (Wildman–Crippen LogP) is 5.33. The molecule has 0 unspecified atom stereocenters. The van der Waals surface area contributed by atoms with Gasteiger partial charge >= 0.3 is 6.09 Å². The summed E-state index contributed by atoms with van der Waals surface area (Å²) < 4.78 is 12.5. The number of carbonyl (C=O) groups is 1. The van der Waals surface area contributed by atoms with Gasteiger partial charge in [0, 0.05) is 35.5 Å². The zero-order chi connectivity index (χ0) is 27.6. The van der Waals surface area contributed by atoms with E-state index in [4.69, 9.17) is 26.1 Å². The van der Waals surface area contributed by atoms with E-state index in [0.717, 1.165) is 19.4 Å². The van der Waals surface area contributed by atoms with Gasteiger partial charge < -0.3 is 24.2 Å². The van der Waals surface area contributed by atoms with Gasteiger partial charge in [-0.1, -0.05) is 11.6 Å². The van der Waals surface area contributed by atoms with Crippen LogP contribution in [-0.2, 0) is 4.74 Å². The molecule has 1 aromatic heterocycles. The number of fused-ring (bicyclic) bond motifs is 1. The Labute approximate surface area is 237 Å². The quantitative estimate of drug-likeness (QED) is 0.451. The Morgan fingerprint density at radius 2 is 2.00 bits per heavy atom. The molecule has 2 fully saturated rings. The van der Waals surface area contributed by atoms with Gasteiger partial charge in [-0.3, -0.25) is 0 Å². The number of nitrogens with zero attached hydrogens (tertiary/aromatic N) is 6. The molecule has 0 saturated carbocycles. The second-order valence-corrected chi connectivity index (χ2v) is 12.0. The van der Waals surface area contributed by atoms with Crippen LogP contribution in [-0.4, -0.2) is 78.4 Å². The van der Waals surface area contributed by atoms with Crippen LogP contribution in [0, 0.1) is 22.7 Å². The number of likely N-dealkylation sites (N-methyl/N-ethyl adjacent to an activating group) is 1. The third-order valence-corrected chi connectivity index (χ3v) is 8.11. The molecule has 0 spiro atoms. The van der Waals surface area contributed by atoms with Crippen molar-refractivity contribution < 1.29 is 14.3 Å². The minimum atomic E-state index is -0.648. The molecule has 0 N–H and O–H groups in total. The van der Waals surface area contributed by atoms with Crippen molar-refractivity contribution in [3.63, 3.8) is 0 Å². The summed E-state index contributed by atoms with van der Waals surface area (Å²) in [6.45, 7) is 8.01. The van der Waals surface area contributed by atoms with Crippen LogP contribution in [0.25, 0.3) is 10.9 Å². The highest BCUT2D eigenvalue weighted by Gasteiger charge is 2.35. The molecule has 4 rings (SSSR count). The lowest BCUT2D eigenvalue weighted by Crippen LogP contribution is -2.56. The first-order valence-corrected chi connectivity index (χ1v) is 13.9. The van der Waals surface area contributed by atoms with Crippen LogP contribution in [0.15, 0.2) is 16.6 Å². The topological polar surface area (TPSA) is 106 Å². The number of piperazine rings is 1. The SMILES string of the molecule is CN1CCC[C@H]1COc1nc2cc(Br)c(Cl)cc2c(N2CCN(C(=O)OC(C)(C)C)[C@@H](CC#N)C2)c1C#N. The summed E-state index contributed by atoms with van der Waals surface area (Å²) in [6.07, 6.45) is 1.82. The zero-order valence-electron chi connectivity index (χ0n) is 22.1. The number of aromatic nitrogens is 1. The number of carbonyl (C=O) groups excluding carboxylic acids is 1. The zero-order valence-corrected chi connectivity index (χ0v) is 24.5. The fourth-order valence-corrected chi connectivity index (χ4v) is 5.51. The van der Waals surface area contributed by atoms with Crippen LogP contribution in [0.4, 0.5) is 10.5 Å². The van der Waals surface area contributed by atoms with Crippen molar-refractivity contribution in [1.29, 1.82) is 10.5 Å². The van der Waals surface area contributed by atoms with Crippen LogP contribution in [0.3, 0.4) is 0 Å². The second-order valence-electron chi connectivity index (χ2n) is 10.8. The van der Waals surface area contributed by atoms with Gasteiger partial charge in [0.05, 0.1) is 34.8 Å². The summed E-state index contributed by atoms with van der Waals surface area (Å²) in [5.41, 5.74) is 0.952. The molecule has 0 aliphatic carbocycles. The van der Waals surface area contributed by atoms with Crippen molar-refractivity contribution in [2.45, 2.75) is 57.7 Å². The van der Waals surface area contributed by atoms with Crippen molar-refractivity contribution >= 4 is 50.2 Å². The number of rotatable bonds is 5. The summed E-state index contributed by atoms with van der Waals surface area (Å²) >= 11 is 9.96. The Bertz CT molecular complexity index is 1300. The van der Waals surface area contributed by atoms with E-state index in [1.54, 1.807) is 11.0 Å². The lowest BCUT2D eigenvalue weighted by Gasteiger charge is -2.42. The van der Waals surface area contributed by atoms with E-state index < -0.39 is 17.7 Å². The Morgan fingerprint density at radius 3 is 2.63 bits per heavy atom. The average Bonchev–Trinajstić information content (AvgIpc) is 3.26. The molecule has 1 amide bonds. The summed E-state index contributed by atoms with van der Waals surface area (Å²) in [4.78, 5) is 23.5. The van der Waals surface area contributed by atoms with Crippen molar-refractivity contribution in [2.75, 3.05) is 44.7 Å². The summed E-state index contributed by atoms with van der Waals surface area (Å²) in [6, 6.07) is 7.97. The number of amides is 1. The number of anilines is 1. The van der Waals surface area contributed by atoms with E-state index in [-0.39, 0.29) is 18.3 Å². The van der Waals surface area contributed by atoms with Crippen LogP contribution in [0.2, 0.25) is 5.02 Å². The lowest BCUT2D eigenvalue weighted by molar-refractivity contribution is 0.0145. The number of likely N-dealkylation sites (tertiary alicyclic amines) is 1. The number of pyridine rings is 1. The Balaban J connectivity index is 1.73. The number of hydrogen-bond donors (Lipinski definition) is 0. The normalized spacial score (nSPS) is 20.3. The maximum absolute atomic E-state index is 12.9. The molecular weight excluding hydrogens is 572 g/mol. The van der Waals surface area contributed by atoms with E-state index >= 15 is 0 Å². The van der Waals surface area contributed by atoms with Crippen molar-refractivity contribution in [3.05, 3.63) is 27.2 Å². The smallest absolute Gasteiger partial charge is 0.410 e. The molecule has 3 heterocycles. The first kappa shape index (κ1) is 28.2. The molecule has 38 heavy (non-hydrogen) atoms. The molecule has 0 radical (unpaired) electrons. The van der Waals surface area contributed by atoms with Crippen LogP contribution < -0.4 is 9.64 Å². The van der Waals surface area contributed by atoms with Gasteiger partial charge in [0.1, 0.15) is 23.8 Å². The summed E-state index contributed by atoms with van der Waals surface area (Å²) in [5, 5.41) is 21.0. The number of hydrogen-bond acceptors (Lipinski definition) is 8. The minimum absolute atomic E-state index is 0.129. The molecule has 11 heteroatoms. The molecule has 2 saturated heterocycles. The predicted molar refractivity (Wildman–Crippen MR) is 149 cm³/mol. The summed E-state index contributed by atoms with van der Waals surface area (Å²) in [5.74, 6) is 0.274. The van der Waals surface area contributed by atoms with E-state index in [0.29, 0.717) is 57.9 Å². The standard InChI is InChI=1S/C27H32BrClN6O3/c1-27(2,3)38-26(36)35-11-10-34(15-17(35)7-8-30)24-19-12-22(29)21(28)13-23(19)32-25(20(24)14-31)37-16-18-6-5-9-33(18)4/h12-13,17-18H,5-7,9-11,15-16H2,1-4H3/t17-,18-/m0/s1. The highest BCUT2D eigenvalue weighted by atomic mass is 79.9. The molecule has 202 valence electrons. The van der Waals surface area contributed by atoms with E-state index in [2.05, 4.69) is 40.0 Å². The van der Waals surface area contributed by atoms with Gasteiger partial charge in [0.2, 0.25) is 5.88 Å². The van der Waals surface area contributed by atoms with Gasteiger partial charge in [0.25, 0.3) is 0 Å². The van der Waals surface area contributed by atoms with E-state index in [1.807, 2.05) is 31.7 Å². The third kappa shape index (κ3) is 6.09. The number of benzene rings is 1. The number of nitriles is 2. The number of ether oxygens (including phenoxy) is 2. The maximum Gasteiger partial charge on any atom is 0.410 e. The van der Waals surface area contributed by atoms with Gasteiger partial charge in [-0.25, -0.2) is 9.78 Å². The van der Waals surface area contributed by atoms with Gasteiger partial charge in [-0.05, 0) is 75.3 Å². The van der Waals surface area contributed by atoms with Crippen molar-refractivity contribution in [2.24, 2.45) is 0 Å². The summed E-state index contributed by atoms with van der Waals surface area (Å²) in [7, 11) is 2.07. The fraction of sp³-hybridized carbons (Fsp3) is 0.556. The highest BCUT2D eigenvalue weighted by molar-refractivity contribution is 9.10. The molecular formula is C27H32BrClN6O3. The second kappa shape index (κ2) is 11.5. The maximum atomic E-state index is 12.9. The Kier molecular flexibility index (Phi) is 8.56. The van der Waals surface area contributed by atoms with Gasteiger partial charge in [-0.15, -0.1) is 0 Å². The molecule has 1 aromatic carbocycles. The first-order valence-electron chi connectivity index (χ1n) is 12.7. The number of halogens is 2. The largest absolute Gasteiger partial charge is 0.475 e. The Hall–Kier alpha value is -2.79.